The van der Waals surface area contributed by atoms with E-state index in [1.165, 1.54) is 12.8 Å². The van der Waals surface area contributed by atoms with Crippen molar-refractivity contribution in [2.24, 2.45) is 5.92 Å². The average molecular weight is 491 g/mol. The number of pyridine rings is 1. The van der Waals surface area contributed by atoms with Gasteiger partial charge in [-0.15, -0.1) is 0 Å². The summed E-state index contributed by atoms with van der Waals surface area (Å²) in [6.45, 7) is 11.6. The number of nitrogens with zero attached hydrogens (tertiary/aromatic N) is 5. The van der Waals surface area contributed by atoms with E-state index >= 15 is 4.39 Å². The van der Waals surface area contributed by atoms with E-state index in [0.29, 0.717) is 17.9 Å². The van der Waals surface area contributed by atoms with Crippen LogP contribution in [-0.2, 0) is 6.42 Å². The predicted molar refractivity (Wildman–Crippen MR) is 133 cm³/mol. The molecule has 9 heteroatoms. The molecule has 6 rings (SSSR count). The summed E-state index contributed by atoms with van der Waals surface area (Å²) in [7, 11) is 0. The Hall–Kier alpha value is -1.77. The van der Waals surface area contributed by atoms with E-state index in [9.17, 15) is 0 Å². The lowest BCUT2D eigenvalue weighted by molar-refractivity contribution is 0.108. The molecule has 0 radical (unpaired) electrons. The number of piperazine rings is 1. The van der Waals surface area contributed by atoms with Gasteiger partial charge in [-0.1, -0.05) is 38.8 Å². The molecule has 2 unspecified atom stereocenters. The minimum absolute atomic E-state index is 0.0803. The van der Waals surface area contributed by atoms with E-state index in [2.05, 4.69) is 32.0 Å². The molecule has 6 heterocycles. The van der Waals surface area contributed by atoms with E-state index < -0.39 is 5.82 Å². The highest BCUT2D eigenvalue weighted by Crippen LogP contribution is 2.41. The third-order valence-electron chi connectivity index (χ3n) is 8.14. The van der Waals surface area contributed by atoms with Gasteiger partial charge in [0, 0.05) is 25.7 Å². The topological polar surface area (TPSA) is 66.4 Å². The molecule has 3 fully saturated rings. The van der Waals surface area contributed by atoms with Crippen molar-refractivity contribution in [1.82, 2.24) is 25.2 Å². The first-order chi connectivity index (χ1) is 16.6. The van der Waals surface area contributed by atoms with E-state index in [1.807, 2.05) is 13.8 Å². The number of aromatic nitrogens is 3. The average Bonchev–Trinajstić information content (AvgIpc) is 3.42. The van der Waals surface area contributed by atoms with Crippen molar-refractivity contribution in [3.63, 3.8) is 0 Å². The van der Waals surface area contributed by atoms with Gasteiger partial charge in [0.05, 0.1) is 16.6 Å². The SMILES string of the molecule is CC.CCC1Cc2nc(Cl)c(F)c3nc(OCC45CCCN4CCC5)nc(c23)N2CCNCC12. The number of hydrogen-bond acceptors (Lipinski definition) is 7. The van der Waals surface area contributed by atoms with Crippen molar-refractivity contribution in [1.29, 1.82) is 0 Å². The summed E-state index contributed by atoms with van der Waals surface area (Å²) in [6.07, 6.45) is 6.43. The number of anilines is 1. The molecule has 0 amide bonds. The van der Waals surface area contributed by atoms with Crippen molar-refractivity contribution < 1.29 is 9.13 Å². The smallest absolute Gasteiger partial charge is 0.319 e. The molecule has 0 spiro atoms. The Kier molecular flexibility index (Phi) is 6.84. The fourth-order valence-electron chi connectivity index (χ4n) is 6.46. The first-order valence-electron chi connectivity index (χ1n) is 13.0. The number of hydrogen-bond donors (Lipinski definition) is 1. The zero-order valence-electron chi connectivity index (χ0n) is 20.5. The third kappa shape index (κ3) is 3.91. The van der Waals surface area contributed by atoms with Crippen LogP contribution in [-0.4, -0.2) is 70.8 Å². The van der Waals surface area contributed by atoms with Gasteiger partial charge in [0.25, 0.3) is 0 Å². The van der Waals surface area contributed by atoms with E-state index in [1.54, 1.807) is 0 Å². The van der Waals surface area contributed by atoms with Crippen molar-refractivity contribution in [3.8, 4) is 6.01 Å². The van der Waals surface area contributed by atoms with Crippen LogP contribution in [0.2, 0.25) is 5.15 Å². The third-order valence-corrected chi connectivity index (χ3v) is 8.39. The van der Waals surface area contributed by atoms with Crippen LogP contribution >= 0.6 is 11.6 Å². The Balaban J connectivity index is 0.00000117. The summed E-state index contributed by atoms with van der Waals surface area (Å²) in [5.41, 5.74) is 1.11. The molecule has 3 saturated heterocycles. The quantitative estimate of drug-likeness (QED) is 0.644. The highest BCUT2D eigenvalue weighted by molar-refractivity contribution is 6.30. The highest BCUT2D eigenvalue weighted by atomic mass is 35.5. The predicted octanol–water partition coefficient (Wildman–Crippen LogP) is 4.21. The Bertz CT molecular complexity index is 1040. The second-order valence-electron chi connectivity index (χ2n) is 9.76. The van der Waals surface area contributed by atoms with Crippen molar-refractivity contribution in [3.05, 3.63) is 16.7 Å². The summed E-state index contributed by atoms with van der Waals surface area (Å²) >= 11 is 6.23. The Labute approximate surface area is 206 Å². The maximum Gasteiger partial charge on any atom is 0.319 e. The number of nitrogens with one attached hydrogen (secondary N) is 1. The fourth-order valence-corrected chi connectivity index (χ4v) is 6.66. The first-order valence-corrected chi connectivity index (χ1v) is 13.4. The standard InChI is InChI=1S/C23H30ClFN6O.C2H6/c1-2-14-11-15-17-19(18(25)20(24)27-15)28-22(29-21(17)31-10-7-26-12-16(14)31)32-13-23-5-3-8-30(23)9-4-6-23;1-2/h14,16,26H,2-13H2,1H3;1-2H3. The van der Waals surface area contributed by atoms with Gasteiger partial charge in [0.2, 0.25) is 0 Å². The number of halogens is 2. The summed E-state index contributed by atoms with van der Waals surface area (Å²) in [4.78, 5) is 18.7. The molecule has 2 aromatic rings. The Morgan fingerprint density at radius 2 is 1.91 bits per heavy atom. The van der Waals surface area contributed by atoms with Crippen LogP contribution in [0.5, 0.6) is 6.01 Å². The molecule has 0 saturated carbocycles. The molecule has 4 aliphatic rings. The van der Waals surface area contributed by atoms with E-state index in [0.717, 1.165) is 69.9 Å². The van der Waals surface area contributed by atoms with Gasteiger partial charge in [-0.2, -0.15) is 9.97 Å². The van der Waals surface area contributed by atoms with Crippen LogP contribution in [0.1, 0.15) is 58.6 Å². The number of fused-ring (bicyclic) bond motifs is 3. The lowest BCUT2D eigenvalue weighted by Gasteiger charge is -2.40. The Morgan fingerprint density at radius 3 is 2.65 bits per heavy atom. The van der Waals surface area contributed by atoms with Crippen LogP contribution in [0, 0.1) is 11.7 Å². The molecule has 4 aliphatic heterocycles. The zero-order valence-corrected chi connectivity index (χ0v) is 21.3. The van der Waals surface area contributed by atoms with Gasteiger partial charge in [0.1, 0.15) is 17.9 Å². The molecule has 34 heavy (non-hydrogen) atoms. The lowest BCUT2D eigenvalue weighted by Crippen LogP contribution is -2.54. The molecular weight excluding hydrogens is 455 g/mol. The summed E-state index contributed by atoms with van der Waals surface area (Å²) in [5.74, 6) is 0.544. The molecule has 0 aliphatic carbocycles. The van der Waals surface area contributed by atoms with Crippen molar-refractivity contribution in [2.75, 3.05) is 44.2 Å². The molecule has 2 atom stereocenters. The van der Waals surface area contributed by atoms with Gasteiger partial charge >= 0.3 is 6.01 Å². The second kappa shape index (κ2) is 9.70. The van der Waals surface area contributed by atoms with Crippen LogP contribution in [0.25, 0.3) is 10.9 Å². The van der Waals surface area contributed by atoms with Gasteiger partial charge in [-0.05, 0) is 51.1 Å². The fraction of sp³-hybridized carbons (Fsp3) is 0.720. The van der Waals surface area contributed by atoms with E-state index in [-0.39, 0.29) is 28.3 Å². The number of rotatable bonds is 4. The zero-order chi connectivity index (χ0) is 23.9. The molecule has 186 valence electrons. The van der Waals surface area contributed by atoms with Crippen LogP contribution < -0.4 is 15.0 Å². The van der Waals surface area contributed by atoms with Gasteiger partial charge < -0.3 is 15.0 Å². The highest BCUT2D eigenvalue weighted by Gasteiger charge is 2.45. The minimum Gasteiger partial charge on any atom is -0.461 e. The lowest BCUT2D eigenvalue weighted by atomic mass is 9.90. The minimum atomic E-state index is -0.581. The monoisotopic (exact) mass is 490 g/mol. The summed E-state index contributed by atoms with van der Waals surface area (Å²) in [6, 6.07) is 0.523. The maximum absolute atomic E-state index is 15.2. The number of ether oxygens (including phenoxy) is 1. The maximum atomic E-state index is 15.2. The molecular formula is C25H36ClFN6O. The molecule has 0 aromatic carbocycles. The Morgan fingerprint density at radius 1 is 1.15 bits per heavy atom. The first kappa shape index (κ1) is 23.9. The molecule has 2 aromatic heterocycles. The van der Waals surface area contributed by atoms with Gasteiger partial charge in [-0.3, -0.25) is 4.90 Å². The second-order valence-corrected chi connectivity index (χ2v) is 10.1. The van der Waals surface area contributed by atoms with Crippen molar-refractivity contribution >= 4 is 28.3 Å². The summed E-state index contributed by atoms with van der Waals surface area (Å²) in [5, 5.41) is 4.10. The molecule has 7 nitrogen and oxygen atoms in total. The van der Waals surface area contributed by atoms with Crippen LogP contribution in [0.3, 0.4) is 0 Å². The van der Waals surface area contributed by atoms with E-state index in [4.69, 9.17) is 21.3 Å². The summed E-state index contributed by atoms with van der Waals surface area (Å²) < 4.78 is 21.5. The largest absolute Gasteiger partial charge is 0.461 e. The molecule has 0 bridgehead atoms. The normalized spacial score (nSPS) is 25.4. The molecule has 1 N–H and O–H groups in total. The van der Waals surface area contributed by atoms with Crippen LogP contribution in [0.15, 0.2) is 0 Å². The van der Waals surface area contributed by atoms with Gasteiger partial charge in [0.15, 0.2) is 11.0 Å². The van der Waals surface area contributed by atoms with Crippen LogP contribution in [0.4, 0.5) is 10.2 Å². The van der Waals surface area contributed by atoms with Gasteiger partial charge in [-0.25, -0.2) is 9.37 Å². The van der Waals surface area contributed by atoms with Crippen molar-refractivity contribution in [2.45, 2.75) is 70.9 Å².